The maximum absolute atomic E-state index is 12.0. The fraction of sp³-hybridized carbons (Fsp3) is 0.769. The van der Waals surface area contributed by atoms with Crippen molar-refractivity contribution in [2.24, 2.45) is 0 Å². The third-order valence-corrected chi connectivity index (χ3v) is 4.79. The van der Waals surface area contributed by atoms with Crippen LogP contribution in [0.25, 0.3) is 0 Å². The van der Waals surface area contributed by atoms with Crippen molar-refractivity contribution < 1.29 is 14.4 Å². The van der Waals surface area contributed by atoms with Gasteiger partial charge in [-0.05, 0) is 12.8 Å². The second-order valence-electron chi connectivity index (χ2n) is 5.22. The lowest BCUT2D eigenvalue weighted by Gasteiger charge is -2.36. The van der Waals surface area contributed by atoms with Crippen LogP contribution in [0.4, 0.5) is 0 Å². The van der Waals surface area contributed by atoms with E-state index in [1.807, 2.05) is 9.80 Å². The molecule has 0 aromatic carbocycles. The number of piperidine rings is 1. The van der Waals surface area contributed by atoms with E-state index in [1.54, 1.807) is 13.8 Å². The van der Waals surface area contributed by atoms with E-state index in [4.69, 9.17) is 0 Å². The molecule has 0 aromatic heterocycles. The molecule has 2 rings (SSSR count). The third-order valence-electron chi connectivity index (χ3n) is 3.81. The molecule has 0 aromatic rings. The normalized spacial score (nSPS) is 24.9. The summed E-state index contributed by atoms with van der Waals surface area (Å²) in [6.07, 6.45) is 2.17. The summed E-state index contributed by atoms with van der Waals surface area (Å²) in [5, 5.41) is 0.182. The zero-order valence-electron chi connectivity index (χ0n) is 11.4. The van der Waals surface area contributed by atoms with Gasteiger partial charge >= 0.3 is 0 Å². The molecule has 2 aliphatic heterocycles. The second-order valence-corrected chi connectivity index (χ2v) is 6.70. The first-order valence-electron chi connectivity index (χ1n) is 6.69. The van der Waals surface area contributed by atoms with E-state index in [-0.39, 0.29) is 28.2 Å². The quantitative estimate of drug-likeness (QED) is 0.755. The van der Waals surface area contributed by atoms with Crippen LogP contribution < -0.4 is 0 Å². The highest BCUT2D eigenvalue weighted by Gasteiger charge is 2.36. The predicted molar refractivity (Wildman–Crippen MR) is 73.7 cm³/mol. The largest absolute Gasteiger partial charge is 0.343 e. The van der Waals surface area contributed by atoms with Crippen LogP contribution in [0.3, 0.4) is 0 Å². The highest BCUT2D eigenvalue weighted by Crippen LogP contribution is 2.28. The standard InChI is InChI=1S/C13H20N2O3S/c1-9(16)14-5-3-11(4-6-14)15-8-12(7-13(15)18)19-10(2)17/h11-12H,3-8H2,1-2H3. The van der Waals surface area contributed by atoms with Crippen molar-refractivity contribution in [1.82, 2.24) is 9.80 Å². The molecule has 0 N–H and O–H groups in total. The van der Waals surface area contributed by atoms with Crippen LogP contribution in [-0.4, -0.2) is 57.7 Å². The van der Waals surface area contributed by atoms with E-state index in [1.165, 1.54) is 11.8 Å². The molecule has 1 atom stereocenters. The van der Waals surface area contributed by atoms with Crippen LogP contribution in [0.2, 0.25) is 0 Å². The maximum Gasteiger partial charge on any atom is 0.224 e. The molecular formula is C13H20N2O3S. The summed E-state index contributed by atoms with van der Waals surface area (Å²) in [5.74, 6) is 0.260. The summed E-state index contributed by atoms with van der Waals surface area (Å²) in [7, 11) is 0. The molecule has 2 fully saturated rings. The molecule has 0 bridgehead atoms. The average Bonchev–Trinajstić information content (AvgIpc) is 2.69. The Morgan fingerprint density at radius 3 is 2.37 bits per heavy atom. The van der Waals surface area contributed by atoms with E-state index in [0.29, 0.717) is 13.0 Å². The molecule has 1 unspecified atom stereocenters. The predicted octanol–water partition coefficient (Wildman–Crippen LogP) is 0.878. The van der Waals surface area contributed by atoms with Crippen LogP contribution in [0.1, 0.15) is 33.1 Å². The van der Waals surface area contributed by atoms with Gasteiger partial charge in [-0.3, -0.25) is 14.4 Å². The lowest BCUT2D eigenvalue weighted by atomic mass is 10.0. The van der Waals surface area contributed by atoms with E-state index < -0.39 is 0 Å². The number of hydrogen-bond donors (Lipinski definition) is 0. The molecule has 0 aliphatic carbocycles. The fourth-order valence-corrected chi connectivity index (χ4v) is 3.79. The molecule has 0 saturated carbocycles. The van der Waals surface area contributed by atoms with Gasteiger partial charge in [0.1, 0.15) is 0 Å². The van der Waals surface area contributed by atoms with Gasteiger partial charge in [0.15, 0.2) is 5.12 Å². The molecule has 0 spiro atoms. The van der Waals surface area contributed by atoms with E-state index in [2.05, 4.69) is 0 Å². The van der Waals surface area contributed by atoms with E-state index in [0.717, 1.165) is 25.9 Å². The van der Waals surface area contributed by atoms with Gasteiger partial charge in [0.05, 0.1) is 0 Å². The van der Waals surface area contributed by atoms with Gasteiger partial charge in [0.2, 0.25) is 11.8 Å². The lowest BCUT2D eigenvalue weighted by molar-refractivity contribution is -0.133. The summed E-state index contributed by atoms with van der Waals surface area (Å²) in [6, 6.07) is 0.237. The highest BCUT2D eigenvalue weighted by atomic mass is 32.2. The van der Waals surface area contributed by atoms with Gasteiger partial charge in [-0.1, -0.05) is 11.8 Å². The van der Waals surface area contributed by atoms with Crippen molar-refractivity contribution in [3.05, 3.63) is 0 Å². The summed E-state index contributed by atoms with van der Waals surface area (Å²) in [4.78, 5) is 38.1. The van der Waals surface area contributed by atoms with Crippen molar-refractivity contribution in [3.63, 3.8) is 0 Å². The summed E-state index contributed by atoms with van der Waals surface area (Å²) < 4.78 is 0. The van der Waals surface area contributed by atoms with Crippen LogP contribution >= 0.6 is 11.8 Å². The number of thioether (sulfide) groups is 1. The van der Waals surface area contributed by atoms with Gasteiger partial charge in [0, 0.05) is 51.2 Å². The molecule has 19 heavy (non-hydrogen) atoms. The van der Waals surface area contributed by atoms with Crippen molar-refractivity contribution in [1.29, 1.82) is 0 Å². The molecule has 2 saturated heterocycles. The average molecular weight is 284 g/mol. The number of nitrogens with zero attached hydrogens (tertiary/aromatic N) is 2. The molecule has 2 aliphatic rings. The zero-order valence-corrected chi connectivity index (χ0v) is 12.2. The Labute approximate surface area is 117 Å². The second kappa shape index (κ2) is 5.94. The van der Waals surface area contributed by atoms with Gasteiger partial charge < -0.3 is 9.80 Å². The Morgan fingerprint density at radius 2 is 1.84 bits per heavy atom. The Bertz CT molecular complexity index is 391. The summed E-state index contributed by atoms with van der Waals surface area (Å²) in [6.45, 7) is 5.26. The molecule has 2 heterocycles. The first-order chi connectivity index (χ1) is 8.97. The monoisotopic (exact) mass is 284 g/mol. The minimum Gasteiger partial charge on any atom is -0.343 e. The zero-order chi connectivity index (χ0) is 14.0. The van der Waals surface area contributed by atoms with Crippen molar-refractivity contribution >= 4 is 28.7 Å². The minimum absolute atomic E-state index is 0.0750. The van der Waals surface area contributed by atoms with Crippen LogP contribution in [0.15, 0.2) is 0 Å². The molecule has 2 amide bonds. The minimum atomic E-state index is 0.0750. The number of carbonyl (C=O) groups is 3. The number of rotatable bonds is 2. The van der Waals surface area contributed by atoms with Gasteiger partial charge in [-0.2, -0.15) is 0 Å². The van der Waals surface area contributed by atoms with Crippen molar-refractivity contribution in [3.8, 4) is 0 Å². The fourth-order valence-electron chi connectivity index (χ4n) is 2.86. The molecular weight excluding hydrogens is 264 g/mol. The molecule has 6 heteroatoms. The Kier molecular flexibility index (Phi) is 4.50. The topological polar surface area (TPSA) is 57.7 Å². The first-order valence-corrected chi connectivity index (χ1v) is 7.57. The third kappa shape index (κ3) is 3.49. The van der Waals surface area contributed by atoms with Crippen LogP contribution in [0.5, 0.6) is 0 Å². The lowest BCUT2D eigenvalue weighted by Crippen LogP contribution is -2.46. The van der Waals surface area contributed by atoms with Crippen molar-refractivity contribution in [2.45, 2.75) is 44.4 Å². The van der Waals surface area contributed by atoms with Crippen molar-refractivity contribution in [2.75, 3.05) is 19.6 Å². The Balaban J connectivity index is 1.88. The molecule has 5 nitrogen and oxygen atoms in total. The summed E-state index contributed by atoms with van der Waals surface area (Å²) >= 11 is 1.27. The summed E-state index contributed by atoms with van der Waals surface area (Å²) in [5.41, 5.74) is 0. The SMILES string of the molecule is CC(=O)SC1CC(=O)N(C2CCN(C(C)=O)CC2)C1. The smallest absolute Gasteiger partial charge is 0.224 e. The highest BCUT2D eigenvalue weighted by molar-refractivity contribution is 8.14. The van der Waals surface area contributed by atoms with E-state index >= 15 is 0 Å². The number of hydrogen-bond acceptors (Lipinski definition) is 4. The van der Waals surface area contributed by atoms with Crippen LogP contribution in [0, 0.1) is 0 Å². The molecule has 0 radical (unpaired) electrons. The van der Waals surface area contributed by atoms with Gasteiger partial charge in [-0.25, -0.2) is 0 Å². The number of amides is 2. The molecule has 106 valence electrons. The Morgan fingerprint density at radius 1 is 1.21 bits per heavy atom. The van der Waals surface area contributed by atoms with Gasteiger partial charge in [0.25, 0.3) is 0 Å². The van der Waals surface area contributed by atoms with E-state index in [9.17, 15) is 14.4 Å². The number of likely N-dealkylation sites (tertiary alicyclic amines) is 2. The first kappa shape index (κ1) is 14.4. The van der Waals surface area contributed by atoms with Gasteiger partial charge in [-0.15, -0.1) is 0 Å². The maximum atomic E-state index is 12.0. The number of carbonyl (C=O) groups excluding carboxylic acids is 3. The van der Waals surface area contributed by atoms with Crippen LogP contribution in [-0.2, 0) is 14.4 Å². The Hall–Kier alpha value is -1.04.